The number of halogens is 1. The van der Waals surface area contributed by atoms with E-state index in [2.05, 4.69) is 29.6 Å². The second-order valence-corrected chi connectivity index (χ2v) is 5.22. The van der Waals surface area contributed by atoms with Gasteiger partial charge in [0.2, 0.25) is 0 Å². The molecule has 1 saturated carbocycles. The van der Waals surface area contributed by atoms with Gasteiger partial charge < -0.3 is 10.1 Å². The van der Waals surface area contributed by atoms with Crippen LogP contribution in [-0.2, 0) is 6.54 Å². The highest BCUT2D eigenvalue weighted by Gasteiger charge is 2.22. The Morgan fingerprint density at radius 2 is 1.90 bits per heavy atom. The molecule has 1 N–H and O–H groups in total. The van der Waals surface area contributed by atoms with Crippen molar-refractivity contribution in [1.29, 1.82) is 0 Å². The van der Waals surface area contributed by atoms with Crippen LogP contribution in [0.15, 0.2) is 42.5 Å². The monoisotopic (exact) mass is 271 g/mol. The fourth-order valence-electron chi connectivity index (χ4n) is 2.30. The van der Waals surface area contributed by atoms with E-state index in [1.54, 1.807) is 6.07 Å². The molecule has 20 heavy (non-hydrogen) atoms. The summed E-state index contributed by atoms with van der Waals surface area (Å²) in [4.78, 5) is 0. The molecule has 2 aromatic carbocycles. The van der Waals surface area contributed by atoms with Gasteiger partial charge >= 0.3 is 0 Å². The van der Waals surface area contributed by atoms with E-state index in [4.69, 9.17) is 4.74 Å². The molecule has 1 fully saturated rings. The fraction of sp³-hybridized carbons (Fsp3) is 0.294. The fourth-order valence-corrected chi connectivity index (χ4v) is 2.30. The molecular formula is C17H18FNO. The van der Waals surface area contributed by atoms with Gasteiger partial charge in [0.25, 0.3) is 0 Å². The van der Waals surface area contributed by atoms with E-state index in [0.717, 1.165) is 11.6 Å². The molecule has 0 bridgehead atoms. The maximum Gasteiger partial charge on any atom is 0.167 e. The quantitative estimate of drug-likeness (QED) is 0.874. The second-order valence-electron chi connectivity index (χ2n) is 5.22. The Morgan fingerprint density at radius 3 is 2.50 bits per heavy atom. The Balaban J connectivity index is 1.62. The number of benzene rings is 2. The molecule has 0 amide bonds. The lowest BCUT2D eigenvalue weighted by Crippen LogP contribution is -2.00. The van der Waals surface area contributed by atoms with Crippen molar-refractivity contribution in [1.82, 2.24) is 0 Å². The Labute approximate surface area is 118 Å². The topological polar surface area (TPSA) is 21.3 Å². The highest BCUT2D eigenvalue weighted by molar-refractivity contribution is 5.47. The Kier molecular flexibility index (Phi) is 3.59. The SMILES string of the molecule is COc1ccc(NCc2ccc(C3CC3)cc2)cc1F. The van der Waals surface area contributed by atoms with Crippen LogP contribution in [0.25, 0.3) is 0 Å². The van der Waals surface area contributed by atoms with E-state index < -0.39 is 0 Å². The minimum Gasteiger partial charge on any atom is -0.494 e. The van der Waals surface area contributed by atoms with Gasteiger partial charge in [-0.15, -0.1) is 0 Å². The maximum absolute atomic E-state index is 13.6. The lowest BCUT2D eigenvalue weighted by Gasteiger charge is -2.09. The number of methoxy groups -OCH3 is 1. The predicted molar refractivity (Wildman–Crippen MR) is 78.7 cm³/mol. The van der Waals surface area contributed by atoms with Gasteiger partial charge in [0.05, 0.1) is 7.11 Å². The second kappa shape index (κ2) is 5.53. The predicted octanol–water partition coefficient (Wildman–Crippen LogP) is 4.32. The van der Waals surface area contributed by atoms with Crippen LogP contribution < -0.4 is 10.1 Å². The molecular weight excluding hydrogens is 253 g/mol. The van der Waals surface area contributed by atoms with Crippen LogP contribution in [-0.4, -0.2) is 7.11 Å². The van der Waals surface area contributed by atoms with Gasteiger partial charge in [-0.3, -0.25) is 0 Å². The summed E-state index contributed by atoms with van der Waals surface area (Å²) < 4.78 is 18.5. The van der Waals surface area contributed by atoms with E-state index in [0.29, 0.717) is 6.54 Å². The molecule has 2 aromatic rings. The number of hydrogen-bond donors (Lipinski definition) is 1. The van der Waals surface area contributed by atoms with E-state index in [1.807, 2.05) is 6.07 Å². The molecule has 0 heterocycles. The number of hydrogen-bond acceptors (Lipinski definition) is 2. The van der Waals surface area contributed by atoms with Crippen molar-refractivity contribution in [2.75, 3.05) is 12.4 Å². The van der Waals surface area contributed by atoms with Crippen LogP contribution >= 0.6 is 0 Å². The van der Waals surface area contributed by atoms with Gasteiger partial charge in [-0.1, -0.05) is 24.3 Å². The molecule has 2 nitrogen and oxygen atoms in total. The third kappa shape index (κ3) is 2.93. The summed E-state index contributed by atoms with van der Waals surface area (Å²) in [5.41, 5.74) is 3.39. The molecule has 3 heteroatoms. The van der Waals surface area contributed by atoms with Gasteiger partial charge in [0.1, 0.15) is 0 Å². The first-order valence-electron chi connectivity index (χ1n) is 6.92. The Bertz CT molecular complexity index is 590. The molecule has 104 valence electrons. The van der Waals surface area contributed by atoms with Crippen LogP contribution in [0.5, 0.6) is 5.75 Å². The average Bonchev–Trinajstić information content (AvgIpc) is 3.30. The summed E-state index contributed by atoms with van der Waals surface area (Å²) >= 11 is 0. The zero-order valence-corrected chi connectivity index (χ0v) is 11.5. The van der Waals surface area contributed by atoms with Crippen molar-refractivity contribution in [2.24, 2.45) is 0 Å². The standard InChI is InChI=1S/C17H18FNO/c1-20-17-9-8-15(10-16(17)18)19-11-12-2-4-13(5-3-12)14-6-7-14/h2-5,8-10,14,19H,6-7,11H2,1H3. The number of rotatable bonds is 5. The minimum absolute atomic E-state index is 0.268. The first kappa shape index (κ1) is 13.0. The maximum atomic E-state index is 13.6. The first-order chi connectivity index (χ1) is 9.76. The molecule has 0 spiro atoms. The summed E-state index contributed by atoms with van der Waals surface area (Å²) in [6.07, 6.45) is 2.64. The lowest BCUT2D eigenvalue weighted by atomic mass is 10.1. The molecule has 0 radical (unpaired) electrons. The van der Waals surface area contributed by atoms with Crippen molar-refractivity contribution in [3.63, 3.8) is 0 Å². The number of ether oxygens (including phenoxy) is 1. The molecule has 0 atom stereocenters. The van der Waals surface area contributed by atoms with Crippen molar-refractivity contribution in [2.45, 2.75) is 25.3 Å². The van der Waals surface area contributed by atoms with Crippen molar-refractivity contribution in [3.8, 4) is 5.75 Å². The molecule has 1 aliphatic rings. The average molecular weight is 271 g/mol. The van der Waals surface area contributed by atoms with Crippen molar-refractivity contribution >= 4 is 5.69 Å². The highest BCUT2D eigenvalue weighted by atomic mass is 19.1. The minimum atomic E-state index is -0.346. The normalized spacial score (nSPS) is 14.1. The zero-order chi connectivity index (χ0) is 13.9. The van der Waals surface area contributed by atoms with Gasteiger partial charge in [-0.2, -0.15) is 0 Å². The Hall–Kier alpha value is -2.03. The van der Waals surface area contributed by atoms with Crippen LogP contribution in [0.3, 0.4) is 0 Å². The largest absolute Gasteiger partial charge is 0.494 e. The lowest BCUT2D eigenvalue weighted by molar-refractivity contribution is 0.386. The summed E-state index contributed by atoms with van der Waals surface area (Å²) in [7, 11) is 1.47. The van der Waals surface area contributed by atoms with Crippen LogP contribution in [0.4, 0.5) is 10.1 Å². The first-order valence-corrected chi connectivity index (χ1v) is 6.92. The zero-order valence-electron chi connectivity index (χ0n) is 11.5. The summed E-state index contributed by atoms with van der Waals surface area (Å²) in [6.45, 7) is 0.691. The summed E-state index contributed by atoms with van der Waals surface area (Å²) in [5, 5.41) is 3.22. The van der Waals surface area contributed by atoms with Crippen LogP contribution in [0.1, 0.15) is 29.9 Å². The molecule has 1 aliphatic carbocycles. The van der Waals surface area contributed by atoms with Gasteiger partial charge in [-0.05, 0) is 42.0 Å². The molecule has 3 rings (SSSR count). The summed E-state index contributed by atoms with van der Waals surface area (Å²) in [6, 6.07) is 13.6. The highest BCUT2D eigenvalue weighted by Crippen LogP contribution is 2.39. The van der Waals surface area contributed by atoms with E-state index >= 15 is 0 Å². The van der Waals surface area contributed by atoms with Crippen LogP contribution in [0, 0.1) is 5.82 Å². The molecule has 0 aliphatic heterocycles. The van der Waals surface area contributed by atoms with Crippen LogP contribution in [0.2, 0.25) is 0 Å². The van der Waals surface area contributed by atoms with E-state index in [1.165, 1.54) is 37.1 Å². The number of anilines is 1. The number of nitrogens with one attached hydrogen (secondary N) is 1. The smallest absolute Gasteiger partial charge is 0.167 e. The van der Waals surface area contributed by atoms with Gasteiger partial charge in [-0.25, -0.2) is 4.39 Å². The third-order valence-corrected chi connectivity index (χ3v) is 3.68. The van der Waals surface area contributed by atoms with Gasteiger partial charge in [0, 0.05) is 18.3 Å². The third-order valence-electron chi connectivity index (χ3n) is 3.68. The van der Waals surface area contributed by atoms with E-state index in [-0.39, 0.29) is 11.6 Å². The van der Waals surface area contributed by atoms with Gasteiger partial charge in [0.15, 0.2) is 11.6 Å². The van der Waals surface area contributed by atoms with Crippen molar-refractivity contribution in [3.05, 3.63) is 59.4 Å². The van der Waals surface area contributed by atoms with Crippen molar-refractivity contribution < 1.29 is 9.13 Å². The molecule has 0 aromatic heterocycles. The molecule has 0 unspecified atom stereocenters. The van der Waals surface area contributed by atoms with E-state index in [9.17, 15) is 4.39 Å². The Morgan fingerprint density at radius 1 is 1.15 bits per heavy atom. The summed E-state index contributed by atoms with van der Waals surface area (Å²) in [5.74, 6) is 0.707. The molecule has 0 saturated heterocycles.